The highest BCUT2D eigenvalue weighted by Gasteiger charge is 2.22. The van der Waals surface area contributed by atoms with E-state index in [1.807, 2.05) is 12.1 Å². The van der Waals surface area contributed by atoms with E-state index >= 15 is 0 Å². The van der Waals surface area contributed by atoms with Crippen molar-refractivity contribution in [3.8, 4) is 11.5 Å². The van der Waals surface area contributed by atoms with Crippen LogP contribution < -0.4 is 14.4 Å². The van der Waals surface area contributed by atoms with E-state index in [4.69, 9.17) is 30.9 Å². The van der Waals surface area contributed by atoms with Crippen LogP contribution in [0.5, 0.6) is 11.5 Å². The van der Waals surface area contributed by atoms with E-state index in [1.54, 1.807) is 14.2 Å². The molecule has 38 heavy (non-hydrogen) atoms. The van der Waals surface area contributed by atoms with Crippen molar-refractivity contribution in [1.82, 2.24) is 19.6 Å². The topological polar surface area (TPSA) is 55.2 Å². The third-order valence-corrected chi connectivity index (χ3v) is 7.80. The number of rotatable bonds is 8. The van der Waals surface area contributed by atoms with E-state index in [-0.39, 0.29) is 24.8 Å². The number of anilines is 1. The molecule has 0 unspecified atom stereocenters. The maximum atomic E-state index is 6.36. The zero-order chi connectivity index (χ0) is 25.1. The summed E-state index contributed by atoms with van der Waals surface area (Å²) in [5, 5.41) is 7.03. The van der Waals surface area contributed by atoms with Crippen molar-refractivity contribution in [3.63, 3.8) is 0 Å². The molecule has 11 heteroatoms. The van der Waals surface area contributed by atoms with Gasteiger partial charge in [0.1, 0.15) is 0 Å². The van der Waals surface area contributed by atoms with Crippen molar-refractivity contribution in [2.45, 2.75) is 20.0 Å². The fourth-order valence-electron chi connectivity index (χ4n) is 5.21. The van der Waals surface area contributed by atoms with E-state index in [1.165, 1.54) is 5.69 Å². The van der Waals surface area contributed by atoms with E-state index in [0.717, 1.165) is 111 Å². The summed E-state index contributed by atoms with van der Waals surface area (Å²) < 4.78 is 18.9. The number of morpholine rings is 1. The standard InChI is InChI=1S/C27H36ClN5O3.2ClH/c1-20-22(28)5-4-6-24(20)32-10-7-30(8-11-32)9-12-33-25-18-27(35-3)26(34-2)17-21(25)23(29-33)19-31-13-15-36-16-14-31;;/h4-6,17-18H,7-16,19H2,1-3H3;2*1H. The second-order valence-electron chi connectivity index (χ2n) is 9.50. The van der Waals surface area contributed by atoms with Crippen LogP contribution in [0.2, 0.25) is 5.02 Å². The summed E-state index contributed by atoms with van der Waals surface area (Å²) in [6, 6.07) is 10.3. The van der Waals surface area contributed by atoms with Gasteiger partial charge in [-0.1, -0.05) is 17.7 Å². The van der Waals surface area contributed by atoms with Gasteiger partial charge in [0.25, 0.3) is 0 Å². The second kappa shape index (κ2) is 13.9. The van der Waals surface area contributed by atoms with Gasteiger partial charge >= 0.3 is 0 Å². The summed E-state index contributed by atoms with van der Waals surface area (Å²) in [6.07, 6.45) is 0. The molecule has 210 valence electrons. The lowest BCUT2D eigenvalue weighted by atomic mass is 10.1. The monoisotopic (exact) mass is 585 g/mol. The SMILES string of the molecule is COc1cc2c(CN3CCOCC3)nn(CCN3CCN(c4cccc(Cl)c4C)CC3)c2cc1OC.Cl.Cl. The smallest absolute Gasteiger partial charge is 0.162 e. The van der Waals surface area contributed by atoms with Gasteiger partial charge in [0.15, 0.2) is 11.5 Å². The van der Waals surface area contributed by atoms with Crippen LogP contribution in [0.15, 0.2) is 30.3 Å². The quantitative estimate of drug-likeness (QED) is 0.385. The average Bonchev–Trinajstić information content (AvgIpc) is 3.25. The molecule has 0 N–H and O–H groups in total. The minimum absolute atomic E-state index is 0. The molecule has 2 fully saturated rings. The van der Waals surface area contributed by atoms with Crippen molar-refractivity contribution < 1.29 is 14.2 Å². The van der Waals surface area contributed by atoms with Crippen LogP contribution in [0.4, 0.5) is 5.69 Å². The molecule has 0 aliphatic carbocycles. The highest BCUT2D eigenvalue weighted by atomic mass is 35.5. The number of hydrogen-bond acceptors (Lipinski definition) is 7. The molecule has 0 saturated carbocycles. The lowest BCUT2D eigenvalue weighted by molar-refractivity contribution is 0.0337. The average molecular weight is 587 g/mol. The molecule has 0 spiro atoms. The van der Waals surface area contributed by atoms with Crippen LogP contribution in [-0.2, 0) is 17.8 Å². The van der Waals surface area contributed by atoms with Crippen molar-refractivity contribution >= 4 is 53.0 Å². The van der Waals surface area contributed by atoms with Gasteiger partial charge in [-0.15, -0.1) is 24.8 Å². The molecule has 2 aromatic carbocycles. The van der Waals surface area contributed by atoms with E-state index in [2.05, 4.69) is 44.5 Å². The number of nitrogens with zero attached hydrogens (tertiary/aromatic N) is 5. The highest BCUT2D eigenvalue weighted by Crippen LogP contribution is 2.34. The largest absolute Gasteiger partial charge is 0.493 e. The Kier molecular flexibility index (Phi) is 11.2. The summed E-state index contributed by atoms with van der Waals surface area (Å²) in [4.78, 5) is 7.37. The van der Waals surface area contributed by atoms with Gasteiger partial charge in [-0.3, -0.25) is 14.5 Å². The van der Waals surface area contributed by atoms with Crippen LogP contribution in [0.1, 0.15) is 11.3 Å². The number of methoxy groups -OCH3 is 2. The highest BCUT2D eigenvalue weighted by molar-refractivity contribution is 6.31. The normalized spacial score (nSPS) is 16.7. The molecular formula is C27H38Cl3N5O3. The fourth-order valence-corrected chi connectivity index (χ4v) is 5.38. The molecule has 0 bridgehead atoms. The number of benzene rings is 2. The summed E-state index contributed by atoms with van der Waals surface area (Å²) in [5.41, 5.74) is 4.57. The maximum Gasteiger partial charge on any atom is 0.162 e. The molecule has 0 amide bonds. The Bertz CT molecular complexity index is 1190. The predicted octanol–water partition coefficient (Wildman–Crippen LogP) is 4.51. The van der Waals surface area contributed by atoms with Crippen LogP contribution in [0.25, 0.3) is 10.9 Å². The molecule has 3 aromatic rings. The lowest BCUT2D eigenvalue weighted by Crippen LogP contribution is -2.47. The fraction of sp³-hybridized carbons (Fsp3) is 0.519. The number of aromatic nitrogens is 2. The number of halogens is 3. The summed E-state index contributed by atoms with van der Waals surface area (Å²) in [7, 11) is 3.36. The van der Waals surface area contributed by atoms with Crippen molar-refractivity contribution in [1.29, 1.82) is 0 Å². The molecule has 2 aliphatic rings. The van der Waals surface area contributed by atoms with Crippen LogP contribution in [0.3, 0.4) is 0 Å². The first kappa shape index (κ1) is 30.6. The first-order valence-electron chi connectivity index (χ1n) is 12.7. The maximum absolute atomic E-state index is 6.36. The van der Waals surface area contributed by atoms with Gasteiger partial charge in [0, 0.05) is 74.5 Å². The molecule has 5 rings (SSSR count). The van der Waals surface area contributed by atoms with Gasteiger partial charge < -0.3 is 19.1 Å². The molecule has 3 heterocycles. The molecule has 2 saturated heterocycles. The number of ether oxygens (including phenoxy) is 3. The third kappa shape index (κ3) is 6.61. The van der Waals surface area contributed by atoms with Crippen molar-refractivity contribution in [2.24, 2.45) is 0 Å². The summed E-state index contributed by atoms with van der Waals surface area (Å²) in [5.74, 6) is 1.47. The predicted molar refractivity (Wildman–Crippen MR) is 158 cm³/mol. The second-order valence-corrected chi connectivity index (χ2v) is 9.90. The van der Waals surface area contributed by atoms with Crippen LogP contribution >= 0.6 is 36.4 Å². The van der Waals surface area contributed by atoms with Gasteiger partial charge in [-0.2, -0.15) is 5.10 Å². The van der Waals surface area contributed by atoms with Crippen LogP contribution in [0, 0.1) is 6.92 Å². The minimum atomic E-state index is 0. The van der Waals surface area contributed by atoms with Gasteiger partial charge in [-0.25, -0.2) is 0 Å². The Balaban J connectivity index is 0.00000200. The summed E-state index contributed by atoms with van der Waals surface area (Å²) in [6.45, 7) is 12.1. The Hall–Kier alpha value is -1.94. The number of fused-ring (bicyclic) bond motifs is 1. The molecular weight excluding hydrogens is 549 g/mol. The molecule has 2 aliphatic heterocycles. The van der Waals surface area contributed by atoms with Gasteiger partial charge in [0.05, 0.1) is 45.2 Å². The minimum Gasteiger partial charge on any atom is -0.493 e. The number of piperazine rings is 1. The lowest BCUT2D eigenvalue weighted by Gasteiger charge is -2.37. The third-order valence-electron chi connectivity index (χ3n) is 7.39. The van der Waals surface area contributed by atoms with Crippen LogP contribution in [-0.4, -0.2) is 92.8 Å². The zero-order valence-corrected chi connectivity index (χ0v) is 24.7. The van der Waals surface area contributed by atoms with Crippen molar-refractivity contribution in [2.75, 3.05) is 78.1 Å². The Labute approximate surface area is 242 Å². The molecule has 0 atom stereocenters. The first-order valence-corrected chi connectivity index (χ1v) is 13.1. The molecule has 0 radical (unpaired) electrons. The summed E-state index contributed by atoms with van der Waals surface area (Å²) >= 11 is 6.36. The van der Waals surface area contributed by atoms with Gasteiger partial charge in [-0.05, 0) is 30.7 Å². The van der Waals surface area contributed by atoms with Crippen molar-refractivity contribution in [3.05, 3.63) is 46.6 Å². The first-order chi connectivity index (χ1) is 17.6. The molecule has 1 aromatic heterocycles. The number of hydrogen-bond donors (Lipinski definition) is 0. The van der Waals surface area contributed by atoms with E-state index in [0.29, 0.717) is 0 Å². The Morgan fingerprint density at radius 3 is 2.26 bits per heavy atom. The van der Waals surface area contributed by atoms with Gasteiger partial charge in [0.2, 0.25) is 0 Å². The van der Waals surface area contributed by atoms with E-state index < -0.39 is 0 Å². The zero-order valence-electron chi connectivity index (χ0n) is 22.3. The van der Waals surface area contributed by atoms with E-state index in [9.17, 15) is 0 Å². The Morgan fingerprint density at radius 1 is 0.895 bits per heavy atom. The molecule has 8 nitrogen and oxygen atoms in total. The Morgan fingerprint density at radius 2 is 1.58 bits per heavy atom.